The number of amides is 1. The molecular formula is C12H16N2O2. The number of carbonyl (C=O) groups excluding carboxylic acids is 1. The van der Waals surface area contributed by atoms with Gasteiger partial charge in [-0.3, -0.25) is 4.79 Å². The molecule has 0 fully saturated rings. The first-order chi connectivity index (χ1) is 7.45. The summed E-state index contributed by atoms with van der Waals surface area (Å²) in [5.41, 5.74) is 1.02. The summed E-state index contributed by atoms with van der Waals surface area (Å²) in [4.78, 5) is 13.8. The number of fused-ring (bicyclic) bond motifs is 1. The first kappa shape index (κ1) is 10.8. The Balaban J connectivity index is 2.56. The summed E-state index contributed by atoms with van der Waals surface area (Å²) in [6.07, 6.45) is 0. The maximum Gasteiger partial charge on any atom is 0.252 e. The van der Waals surface area contributed by atoms with Gasteiger partial charge in [0.05, 0.1) is 11.4 Å². The van der Waals surface area contributed by atoms with Gasteiger partial charge < -0.3 is 15.3 Å². The zero-order chi connectivity index (χ0) is 11.9. The number of nitrogens with one attached hydrogen (secondary N) is 1. The van der Waals surface area contributed by atoms with Crippen molar-refractivity contribution in [3.8, 4) is 5.75 Å². The van der Waals surface area contributed by atoms with E-state index in [-0.39, 0.29) is 11.7 Å². The van der Waals surface area contributed by atoms with Crippen LogP contribution in [0.25, 0.3) is 0 Å². The molecule has 1 aliphatic rings. The lowest BCUT2D eigenvalue weighted by atomic mass is 9.98. The Labute approximate surface area is 94.9 Å². The van der Waals surface area contributed by atoms with E-state index in [0.29, 0.717) is 6.54 Å². The highest BCUT2D eigenvalue weighted by Gasteiger charge is 2.37. The van der Waals surface area contributed by atoms with E-state index in [1.54, 1.807) is 23.1 Å². The molecule has 1 heterocycles. The Kier molecular flexibility index (Phi) is 2.30. The molecule has 0 bridgehead atoms. The van der Waals surface area contributed by atoms with Crippen LogP contribution in [0.4, 0.5) is 11.4 Å². The first-order valence-electron chi connectivity index (χ1n) is 5.39. The number of hydrogen-bond acceptors (Lipinski definition) is 3. The molecule has 0 aromatic heterocycles. The first-order valence-corrected chi connectivity index (χ1v) is 5.39. The van der Waals surface area contributed by atoms with Gasteiger partial charge in [0.1, 0.15) is 11.3 Å². The third-order valence-electron chi connectivity index (χ3n) is 2.82. The Morgan fingerprint density at radius 3 is 2.75 bits per heavy atom. The second kappa shape index (κ2) is 3.40. The molecule has 2 N–H and O–H groups in total. The number of benzene rings is 1. The van der Waals surface area contributed by atoms with Crippen molar-refractivity contribution in [2.24, 2.45) is 0 Å². The lowest BCUT2D eigenvalue weighted by Gasteiger charge is -2.39. The van der Waals surface area contributed by atoms with E-state index in [1.165, 1.54) is 0 Å². The van der Waals surface area contributed by atoms with Crippen molar-refractivity contribution in [3.05, 3.63) is 18.2 Å². The van der Waals surface area contributed by atoms with Gasteiger partial charge in [-0.15, -0.1) is 0 Å². The highest BCUT2D eigenvalue weighted by molar-refractivity contribution is 6.07. The fraction of sp³-hybridized carbons (Fsp3) is 0.417. The summed E-state index contributed by atoms with van der Waals surface area (Å²) in [7, 11) is 0. The number of anilines is 2. The summed E-state index contributed by atoms with van der Waals surface area (Å²) in [5, 5.41) is 12.6. The normalized spacial score (nSPS) is 17.9. The molecule has 4 heteroatoms. The van der Waals surface area contributed by atoms with E-state index >= 15 is 0 Å². The van der Waals surface area contributed by atoms with Gasteiger partial charge in [0, 0.05) is 12.6 Å². The average molecular weight is 220 g/mol. The minimum absolute atomic E-state index is 0.0214. The number of aromatic hydroxyl groups is 1. The van der Waals surface area contributed by atoms with Gasteiger partial charge in [-0.25, -0.2) is 0 Å². The largest absolute Gasteiger partial charge is 0.508 e. The topological polar surface area (TPSA) is 52.6 Å². The minimum Gasteiger partial charge on any atom is -0.508 e. The van der Waals surface area contributed by atoms with Crippen LogP contribution in [0.15, 0.2) is 18.2 Å². The zero-order valence-electron chi connectivity index (χ0n) is 9.74. The molecule has 4 nitrogen and oxygen atoms in total. The van der Waals surface area contributed by atoms with E-state index < -0.39 is 5.54 Å². The summed E-state index contributed by atoms with van der Waals surface area (Å²) in [6, 6.07) is 5.02. The molecule has 0 unspecified atom stereocenters. The predicted molar refractivity (Wildman–Crippen MR) is 63.8 cm³/mol. The molecule has 2 rings (SSSR count). The lowest BCUT2D eigenvalue weighted by Crippen LogP contribution is -2.53. The molecule has 16 heavy (non-hydrogen) atoms. The van der Waals surface area contributed by atoms with Crippen molar-refractivity contribution in [1.82, 2.24) is 0 Å². The standard InChI is InChI=1S/C12H16N2O2/c1-4-14-10-7-8(15)5-6-9(10)13-12(2,3)11(14)16/h5-7,13,15H,4H2,1-3H3. The van der Waals surface area contributed by atoms with Crippen LogP contribution in [0, 0.1) is 0 Å². The second-order valence-corrected chi connectivity index (χ2v) is 4.50. The van der Waals surface area contributed by atoms with Gasteiger partial charge in [-0.05, 0) is 32.9 Å². The fourth-order valence-electron chi connectivity index (χ4n) is 2.00. The van der Waals surface area contributed by atoms with E-state index in [9.17, 15) is 9.90 Å². The number of carbonyl (C=O) groups is 1. The summed E-state index contributed by atoms with van der Waals surface area (Å²) in [6.45, 7) is 6.23. The molecule has 86 valence electrons. The van der Waals surface area contributed by atoms with Crippen LogP contribution < -0.4 is 10.2 Å². The highest BCUT2D eigenvalue weighted by atomic mass is 16.3. The summed E-state index contributed by atoms with van der Waals surface area (Å²) in [5.74, 6) is 0.194. The van der Waals surface area contributed by atoms with Gasteiger partial charge in [0.25, 0.3) is 5.91 Å². The molecule has 0 aliphatic carbocycles. The lowest BCUT2D eigenvalue weighted by molar-refractivity contribution is -0.122. The van der Waals surface area contributed by atoms with E-state index in [1.807, 2.05) is 20.8 Å². The van der Waals surface area contributed by atoms with Gasteiger partial charge in [-0.2, -0.15) is 0 Å². The van der Waals surface area contributed by atoms with Crippen molar-refractivity contribution >= 4 is 17.3 Å². The van der Waals surface area contributed by atoms with Gasteiger partial charge in [0.2, 0.25) is 0 Å². The molecule has 1 aromatic carbocycles. The number of rotatable bonds is 1. The van der Waals surface area contributed by atoms with Crippen molar-refractivity contribution in [2.45, 2.75) is 26.3 Å². The van der Waals surface area contributed by atoms with Crippen molar-refractivity contribution in [3.63, 3.8) is 0 Å². The van der Waals surface area contributed by atoms with E-state index in [4.69, 9.17) is 0 Å². The molecule has 0 saturated heterocycles. The molecule has 1 aliphatic heterocycles. The Bertz CT molecular complexity index is 441. The maximum absolute atomic E-state index is 12.1. The zero-order valence-corrected chi connectivity index (χ0v) is 9.74. The third kappa shape index (κ3) is 1.50. The highest BCUT2D eigenvalue weighted by Crippen LogP contribution is 2.37. The third-order valence-corrected chi connectivity index (χ3v) is 2.82. The van der Waals surface area contributed by atoms with Crippen molar-refractivity contribution < 1.29 is 9.90 Å². The molecular weight excluding hydrogens is 204 g/mol. The fourth-order valence-corrected chi connectivity index (χ4v) is 2.00. The van der Waals surface area contributed by atoms with Crippen LogP contribution in [-0.4, -0.2) is 23.1 Å². The smallest absolute Gasteiger partial charge is 0.252 e. The van der Waals surface area contributed by atoms with Crippen molar-refractivity contribution in [1.29, 1.82) is 0 Å². The Morgan fingerprint density at radius 2 is 2.12 bits per heavy atom. The quantitative estimate of drug-likeness (QED) is 0.711. The van der Waals surface area contributed by atoms with Gasteiger partial charge in [-0.1, -0.05) is 0 Å². The molecule has 0 spiro atoms. The average Bonchev–Trinajstić information content (AvgIpc) is 2.21. The maximum atomic E-state index is 12.1. The summed E-state index contributed by atoms with van der Waals surface area (Å²) >= 11 is 0. The van der Waals surface area contributed by atoms with Crippen molar-refractivity contribution in [2.75, 3.05) is 16.8 Å². The molecule has 0 radical (unpaired) electrons. The Morgan fingerprint density at radius 1 is 1.44 bits per heavy atom. The van der Waals surface area contributed by atoms with E-state index in [2.05, 4.69) is 5.32 Å². The van der Waals surface area contributed by atoms with Gasteiger partial charge >= 0.3 is 0 Å². The number of phenolic OH excluding ortho intramolecular Hbond substituents is 1. The number of phenols is 1. The molecule has 1 aromatic rings. The molecule has 1 amide bonds. The van der Waals surface area contributed by atoms with E-state index in [0.717, 1.165) is 11.4 Å². The van der Waals surface area contributed by atoms with Crippen LogP contribution in [0.1, 0.15) is 20.8 Å². The summed E-state index contributed by atoms with van der Waals surface area (Å²) < 4.78 is 0. The minimum atomic E-state index is -0.597. The van der Waals surface area contributed by atoms with Gasteiger partial charge in [0.15, 0.2) is 0 Å². The number of nitrogens with zero attached hydrogens (tertiary/aromatic N) is 1. The van der Waals surface area contributed by atoms with Crippen LogP contribution in [-0.2, 0) is 4.79 Å². The number of hydrogen-bond donors (Lipinski definition) is 2. The van der Waals surface area contributed by atoms with Crippen LogP contribution in [0.3, 0.4) is 0 Å². The Hall–Kier alpha value is -1.71. The predicted octanol–water partition coefficient (Wildman–Crippen LogP) is 1.95. The second-order valence-electron chi connectivity index (χ2n) is 4.50. The monoisotopic (exact) mass is 220 g/mol. The molecule has 0 saturated carbocycles. The van der Waals surface area contributed by atoms with Crippen LogP contribution in [0.5, 0.6) is 5.75 Å². The van der Waals surface area contributed by atoms with Crippen LogP contribution >= 0.6 is 0 Å². The number of likely N-dealkylation sites (N-methyl/N-ethyl adjacent to an activating group) is 1. The van der Waals surface area contributed by atoms with Crippen LogP contribution in [0.2, 0.25) is 0 Å². The SMILES string of the molecule is CCN1C(=O)C(C)(C)Nc2ccc(O)cc21. The molecule has 0 atom stereocenters.